The number of hydrogen-bond acceptors (Lipinski definition) is 4. The van der Waals surface area contributed by atoms with Crippen LogP contribution in [0.5, 0.6) is 5.75 Å². The van der Waals surface area contributed by atoms with Crippen molar-refractivity contribution in [3.8, 4) is 5.75 Å². The normalized spacial score (nSPS) is 9.50. The summed E-state index contributed by atoms with van der Waals surface area (Å²) in [7, 11) is 0. The average Bonchev–Trinajstić information content (AvgIpc) is 2.07. The van der Waals surface area contributed by atoms with Gasteiger partial charge in [0.1, 0.15) is 5.75 Å². The topological polar surface area (TPSA) is 89.7 Å². The molecule has 0 amide bonds. The van der Waals surface area contributed by atoms with E-state index < -0.39 is 11.1 Å². The molecule has 0 unspecified atom stereocenters. The van der Waals surface area contributed by atoms with Crippen LogP contribution in [0, 0.1) is 10.1 Å². The minimum absolute atomic E-state index is 0.165. The van der Waals surface area contributed by atoms with Crippen molar-refractivity contribution in [3.63, 3.8) is 0 Å². The lowest BCUT2D eigenvalue weighted by molar-refractivity contribution is -0.711. The van der Waals surface area contributed by atoms with Gasteiger partial charge in [-0.3, -0.25) is 4.84 Å². The van der Waals surface area contributed by atoms with Crippen molar-refractivity contribution in [1.29, 1.82) is 0 Å². The molecule has 0 aliphatic heterocycles. The van der Waals surface area contributed by atoms with Crippen LogP contribution in [0.25, 0.3) is 0 Å². The lowest BCUT2D eigenvalue weighted by Crippen LogP contribution is -2.08. The number of aromatic carboxylic acids is 1. The summed E-state index contributed by atoms with van der Waals surface area (Å²) in [4.78, 5) is 24.6. The molecule has 1 aromatic carbocycles. The van der Waals surface area contributed by atoms with Crippen LogP contribution in [0.2, 0.25) is 5.02 Å². The maximum absolute atomic E-state index is 10.6. The Morgan fingerprint density at radius 2 is 2.21 bits per heavy atom. The number of benzene rings is 1. The monoisotopic (exact) mass is 217 g/mol. The summed E-state index contributed by atoms with van der Waals surface area (Å²) in [5.74, 6) is -1.70. The van der Waals surface area contributed by atoms with E-state index in [1.165, 1.54) is 6.07 Å². The first kappa shape index (κ1) is 10.3. The summed E-state index contributed by atoms with van der Waals surface area (Å²) in [6.07, 6.45) is 0. The van der Waals surface area contributed by atoms with Crippen molar-refractivity contribution in [1.82, 2.24) is 0 Å². The molecule has 74 valence electrons. The summed E-state index contributed by atoms with van der Waals surface area (Å²) in [6.45, 7) is 0. The van der Waals surface area contributed by atoms with Crippen LogP contribution in [0.4, 0.5) is 0 Å². The van der Waals surface area contributed by atoms with E-state index in [9.17, 15) is 14.9 Å². The van der Waals surface area contributed by atoms with Gasteiger partial charge >= 0.3 is 5.97 Å². The first-order valence-electron chi connectivity index (χ1n) is 3.36. The second kappa shape index (κ2) is 3.93. The minimum Gasteiger partial charge on any atom is -0.478 e. The van der Waals surface area contributed by atoms with Crippen LogP contribution in [-0.2, 0) is 0 Å². The quantitative estimate of drug-likeness (QED) is 0.614. The molecule has 1 aromatic rings. The predicted octanol–water partition coefficient (Wildman–Crippen LogP) is 1.61. The molecule has 6 nitrogen and oxygen atoms in total. The van der Waals surface area contributed by atoms with Crippen LogP contribution in [0.15, 0.2) is 18.2 Å². The average molecular weight is 218 g/mol. The van der Waals surface area contributed by atoms with Gasteiger partial charge < -0.3 is 5.11 Å². The molecule has 0 atom stereocenters. The SMILES string of the molecule is O=C(O)c1cc(Cl)ccc1O[N+](=O)[O-]. The standard InChI is InChI=1S/C7H4ClNO5/c8-4-1-2-6(14-9(12)13)5(3-4)7(10)11/h1-3H,(H,10,11). The summed E-state index contributed by atoms with van der Waals surface area (Å²) >= 11 is 5.51. The Morgan fingerprint density at radius 3 is 2.71 bits per heavy atom. The first-order valence-corrected chi connectivity index (χ1v) is 3.73. The molecule has 0 fully saturated rings. The Hall–Kier alpha value is -1.82. The zero-order chi connectivity index (χ0) is 10.7. The Balaban J connectivity index is 3.14. The fraction of sp³-hybridized carbons (Fsp3) is 0. The van der Waals surface area contributed by atoms with Crippen LogP contribution >= 0.6 is 11.6 Å². The van der Waals surface area contributed by atoms with Gasteiger partial charge in [-0.2, -0.15) is 0 Å². The van der Waals surface area contributed by atoms with Gasteiger partial charge in [-0.05, 0) is 18.2 Å². The number of carboxylic acids is 1. The van der Waals surface area contributed by atoms with Gasteiger partial charge in [-0.15, -0.1) is 10.1 Å². The molecule has 0 radical (unpaired) electrons. The molecule has 1 N–H and O–H groups in total. The van der Waals surface area contributed by atoms with Crippen molar-refractivity contribution in [2.24, 2.45) is 0 Å². The number of carbonyl (C=O) groups is 1. The van der Waals surface area contributed by atoms with Gasteiger partial charge in [-0.1, -0.05) is 11.6 Å². The van der Waals surface area contributed by atoms with Crippen LogP contribution in [-0.4, -0.2) is 16.2 Å². The van der Waals surface area contributed by atoms with Gasteiger partial charge in [0.2, 0.25) is 0 Å². The summed E-state index contributed by atoms with van der Waals surface area (Å²) in [5, 5.41) is 17.7. The second-order valence-electron chi connectivity index (χ2n) is 2.26. The summed E-state index contributed by atoms with van der Waals surface area (Å²) in [6, 6.07) is 3.49. The highest BCUT2D eigenvalue weighted by Crippen LogP contribution is 2.22. The first-order chi connectivity index (χ1) is 6.50. The highest BCUT2D eigenvalue weighted by Gasteiger charge is 2.13. The molecular weight excluding hydrogens is 214 g/mol. The second-order valence-corrected chi connectivity index (χ2v) is 2.70. The van der Waals surface area contributed by atoms with E-state index in [0.717, 1.165) is 12.1 Å². The lowest BCUT2D eigenvalue weighted by atomic mass is 10.2. The maximum Gasteiger partial charge on any atom is 0.338 e. The highest BCUT2D eigenvalue weighted by molar-refractivity contribution is 6.31. The largest absolute Gasteiger partial charge is 0.478 e. The number of halogens is 1. The Bertz CT molecular complexity index is 392. The fourth-order valence-corrected chi connectivity index (χ4v) is 1.00. The molecule has 0 aliphatic carbocycles. The van der Waals surface area contributed by atoms with E-state index in [4.69, 9.17) is 16.7 Å². The lowest BCUT2D eigenvalue weighted by Gasteiger charge is -2.02. The molecule has 0 spiro atoms. The molecule has 7 heteroatoms. The molecular formula is C7H4ClNO5. The van der Waals surface area contributed by atoms with Crippen LogP contribution in [0.1, 0.15) is 10.4 Å². The third kappa shape index (κ3) is 2.33. The molecule has 0 heterocycles. The fourth-order valence-electron chi connectivity index (χ4n) is 0.829. The Labute approximate surface area is 82.8 Å². The Kier molecular flexibility index (Phi) is 2.88. The number of rotatable bonds is 3. The van der Waals surface area contributed by atoms with Crippen molar-refractivity contribution in [2.45, 2.75) is 0 Å². The molecule has 1 rings (SSSR count). The van der Waals surface area contributed by atoms with Crippen molar-refractivity contribution < 1.29 is 19.8 Å². The number of nitrogens with zero attached hydrogens (tertiary/aromatic N) is 1. The maximum atomic E-state index is 10.6. The number of hydrogen-bond donors (Lipinski definition) is 1. The van der Waals surface area contributed by atoms with Crippen molar-refractivity contribution >= 4 is 17.6 Å². The van der Waals surface area contributed by atoms with Crippen molar-refractivity contribution in [2.75, 3.05) is 0 Å². The van der Waals surface area contributed by atoms with E-state index in [2.05, 4.69) is 4.84 Å². The molecule has 0 saturated carbocycles. The highest BCUT2D eigenvalue weighted by atomic mass is 35.5. The Morgan fingerprint density at radius 1 is 1.57 bits per heavy atom. The van der Waals surface area contributed by atoms with E-state index in [-0.39, 0.29) is 16.3 Å². The minimum atomic E-state index is -1.34. The zero-order valence-electron chi connectivity index (χ0n) is 6.64. The van der Waals surface area contributed by atoms with Gasteiger partial charge in [0.05, 0.1) is 5.56 Å². The van der Waals surface area contributed by atoms with Gasteiger partial charge in [0, 0.05) is 5.02 Å². The summed E-state index contributed by atoms with van der Waals surface area (Å²) < 4.78 is 0. The smallest absolute Gasteiger partial charge is 0.338 e. The van der Waals surface area contributed by atoms with Crippen LogP contribution < -0.4 is 4.84 Å². The molecule has 0 aliphatic rings. The third-order valence-electron chi connectivity index (χ3n) is 1.34. The third-order valence-corrected chi connectivity index (χ3v) is 1.58. The molecule has 0 bridgehead atoms. The molecule has 0 saturated heterocycles. The summed E-state index contributed by atoms with van der Waals surface area (Å²) in [5.41, 5.74) is -0.353. The van der Waals surface area contributed by atoms with Crippen molar-refractivity contribution in [3.05, 3.63) is 38.9 Å². The van der Waals surface area contributed by atoms with Gasteiger partial charge in [0.15, 0.2) is 0 Å². The van der Waals surface area contributed by atoms with Gasteiger partial charge in [0.25, 0.3) is 5.09 Å². The predicted molar refractivity (Wildman–Crippen MR) is 46.0 cm³/mol. The van der Waals surface area contributed by atoms with Crippen LogP contribution in [0.3, 0.4) is 0 Å². The van der Waals surface area contributed by atoms with E-state index in [0.29, 0.717) is 0 Å². The molecule has 0 aromatic heterocycles. The van der Waals surface area contributed by atoms with E-state index >= 15 is 0 Å². The van der Waals surface area contributed by atoms with Gasteiger partial charge in [-0.25, -0.2) is 4.79 Å². The van der Waals surface area contributed by atoms with E-state index in [1.54, 1.807) is 0 Å². The number of carboxylic acid groups (broad SMARTS) is 1. The van der Waals surface area contributed by atoms with E-state index in [1.807, 2.05) is 0 Å². The zero-order valence-corrected chi connectivity index (χ0v) is 7.39. The molecule has 14 heavy (non-hydrogen) atoms.